The molecule has 2 aliphatic heterocycles. The van der Waals surface area contributed by atoms with Crippen molar-refractivity contribution in [2.24, 2.45) is 11.8 Å². The van der Waals surface area contributed by atoms with Crippen LogP contribution in [0.25, 0.3) is 0 Å². The molecule has 2 rings (SSSR count). The fourth-order valence-corrected chi connectivity index (χ4v) is 2.02. The van der Waals surface area contributed by atoms with Crippen LogP contribution in [0.15, 0.2) is 12.2 Å². The Morgan fingerprint density at radius 2 is 2.15 bits per heavy atom. The van der Waals surface area contributed by atoms with Crippen LogP contribution >= 0.6 is 0 Å². The zero-order chi connectivity index (χ0) is 9.42. The molecule has 0 spiro atoms. The van der Waals surface area contributed by atoms with Gasteiger partial charge in [0.2, 0.25) is 0 Å². The highest BCUT2D eigenvalue weighted by Crippen LogP contribution is 2.34. The van der Waals surface area contributed by atoms with Crippen molar-refractivity contribution in [2.75, 3.05) is 0 Å². The van der Waals surface area contributed by atoms with E-state index in [0.717, 1.165) is 6.29 Å². The first kappa shape index (κ1) is 8.63. The molecule has 0 saturated carbocycles. The molecule has 0 radical (unpaired) electrons. The van der Waals surface area contributed by atoms with Crippen LogP contribution < -0.4 is 0 Å². The third kappa shape index (κ3) is 1.23. The molecule has 13 heavy (non-hydrogen) atoms. The van der Waals surface area contributed by atoms with Gasteiger partial charge in [0.05, 0.1) is 18.1 Å². The molecule has 0 amide bonds. The Morgan fingerprint density at radius 1 is 1.46 bits per heavy atom. The molecule has 1 saturated heterocycles. The Morgan fingerprint density at radius 3 is 2.85 bits per heavy atom. The van der Waals surface area contributed by atoms with E-state index in [1.807, 2.05) is 19.1 Å². The van der Waals surface area contributed by atoms with Gasteiger partial charge in [-0.25, -0.2) is 0 Å². The van der Waals surface area contributed by atoms with Gasteiger partial charge < -0.3 is 9.53 Å². The first-order valence-electron chi connectivity index (χ1n) is 4.55. The van der Waals surface area contributed by atoms with E-state index in [-0.39, 0.29) is 36.2 Å². The van der Waals surface area contributed by atoms with Gasteiger partial charge in [0.15, 0.2) is 0 Å². The summed E-state index contributed by atoms with van der Waals surface area (Å²) in [4.78, 5) is 22.1. The van der Waals surface area contributed by atoms with Crippen molar-refractivity contribution >= 4 is 12.1 Å². The Balaban J connectivity index is 2.21. The molecule has 0 aliphatic carbocycles. The van der Waals surface area contributed by atoms with Gasteiger partial charge in [-0.05, 0) is 0 Å². The normalized spacial score (nSPS) is 42.4. The average molecular weight is 180 g/mol. The van der Waals surface area contributed by atoms with Gasteiger partial charge in [0.1, 0.15) is 12.1 Å². The molecule has 3 heteroatoms. The van der Waals surface area contributed by atoms with Gasteiger partial charge in [-0.3, -0.25) is 4.79 Å². The maximum absolute atomic E-state index is 11.7. The van der Waals surface area contributed by atoms with E-state index in [1.54, 1.807) is 0 Å². The van der Waals surface area contributed by atoms with E-state index in [9.17, 15) is 9.59 Å². The molecule has 2 bridgehead atoms. The molecule has 0 aromatic carbocycles. The monoisotopic (exact) mass is 180 g/mol. The molecule has 2 heterocycles. The van der Waals surface area contributed by atoms with Crippen molar-refractivity contribution in [1.82, 2.24) is 0 Å². The maximum atomic E-state index is 11.7. The molecular formula is C10H12O3. The Labute approximate surface area is 76.8 Å². The van der Waals surface area contributed by atoms with Crippen LogP contribution in [0.4, 0.5) is 0 Å². The van der Waals surface area contributed by atoms with Gasteiger partial charge in [-0.15, -0.1) is 0 Å². The number of carbonyl (C=O) groups excluding carboxylic acids is 2. The Kier molecular flexibility index (Phi) is 2.04. The number of rotatable bonds is 2. The second-order valence-electron chi connectivity index (χ2n) is 3.65. The predicted octanol–water partition coefficient (Wildman–Crippen LogP) is 0.734. The number of carbonyl (C=O) groups is 2. The minimum absolute atomic E-state index is 0.0552. The third-order valence-electron chi connectivity index (χ3n) is 2.86. The second-order valence-corrected chi connectivity index (χ2v) is 3.65. The van der Waals surface area contributed by atoms with Crippen LogP contribution in [-0.2, 0) is 14.3 Å². The SMILES string of the molecule is C[C@@H]1C(=O)[C@H](CC=O)[C@@H]2C=C[C@H]1O2. The Hall–Kier alpha value is -0.960. The minimum Gasteiger partial charge on any atom is -0.365 e. The molecule has 0 N–H and O–H groups in total. The molecule has 1 fully saturated rings. The fraction of sp³-hybridized carbons (Fsp3) is 0.600. The molecule has 0 aromatic heterocycles. The first-order valence-corrected chi connectivity index (χ1v) is 4.55. The summed E-state index contributed by atoms with van der Waals surface area (Å²) in [6.45, 7) is 1.86. The lowest BCUT2D eigenvalue weighted by Crippen LogP contribution is -2.42. The third-order valence-corrected chi connectivity index (χ3v) is 2.86. The van der Waals surface area contributed by atoms with Gasteiger partial charge in [-0.2, -0.15) is 0 Å². The largest absolute Gasteiger partial charge is 0.365 e. The summed E-state index contributed by atoms with van der Waals surface area (Å²) in [5.74, 6) is -0.180. The average Bonchev–Trinajstić information content (AvgIpc) is 2.56. The van der Waals surface area contributed by atoms with Crippen molar-refractivity contribution in [2.45, 2.75) is 25.6 Å². The van der Waals surface area contributed by atoms with Crippen molar-refractivity contribution in [3.8, 4) is 0 Å². The van der Waals surface area contributed by atoms with E-state index in [2.05, 4.69) is 0 Å². The highest BCUT2D eigenvalue weighted by molar-refractivity contribution is 5.87. The summed E-state index contributed by atoms with van der Waals surface area (Å²) in [6.07, 6.45) is 4.70. The summed E-state index contributed by atoms with van der Waals surface area (Å²) in [5.41, 5.74) is 0. The molecule has 70 valence electrons. The standard InChI is InChI=1S/C10H12O3/c1-6-8-2-3-9(13-8)7(4-5-11)10(6)12/h2-3,5-9H,4H2,1H3/t6-,7+,8+,9-/m0/s1. The summed E-state index contributed by atoms with van der Waals surface area (Å²) < 4.78 is 5.55. The van der Waals surface area contributed by atoms with Crippen LogP contribution in [-0.4, -0.2) is 24.3 Å². The smallest absolute Gasteiger partial charge is 0.145 e. The summed E-state index contributed by atoms with van der Waals surface area (Å²) in [6, 6.07) is 0. The lowest BCUT2D eigenvalue weighted by Gasteiger charge is -2.31. The number of Topliss-reactive ketones (excluding diaryl/α,β-unsaturated/α-hetero) is 1. The Bertz CT molecular complexity index is 269. The van der Waals surface area contributed by atoms with E-state index >= 15 is 0 Å². The van der Waals surface area contributed by atoms with E-state index in [0.29, 0.717) is 0 Å². The number of hydrogen-bond acceptors (Lipinski definition) is 3. The number of ether oxygens (including phenoxy) is 1. The zero-order valence-corrected chi connectivity index (χ0v) is 7.47. The van der Waals surface area contributed by atoms with Crippen molar-refractivity contribution < 1.29 is 14.3 Å². The molecular weight excluding hydrogens is 168 g/mol. The van der Waals surface area contributed by atoms with Crippen LogP contribution in [0.2, 0.25) is 0 Å². The minimum atomic E-state index is -0.248. The molecule has 0 aromatic rings. The van der Waals surface area contributed by atoms with E-state index in [1.165, 1.54) is 0 Å². The molecule has 2 aliphatic rings. The molecule has 4 atom stereocenters. The highest BCUT2D eigenvalue weighted by Gasteiger charge is 2.43. The lowest BCUT2D eigenvalue weighted by atomic mass is 9.85. The van der Waals surface area contributed by atoms with Crippen LogP contribution in [0, 0.1) is 11.8 Å². The molecule has 0 unspecified atom stereocenters. The lowest BCUT2D eigenvalue weighted by molar-refractivity contribution is -0.145. The van der Waals surface area contributed by atoms with Crippen LogP contribution in [0.5, 0.6) is 0 Å². The van der Waals surface area contributed by atoms with Gasteiger partial charge in [-0.1, -0.05) is 19.1 Å². The van der Waals surface area contributed by atoms with Crippen molar-refractivity contribution in [3.63, 3.8) is 0 Å². The first-order chi connectivity index (χ1) is 6.24. The summed E-state index contributed by atoms with van der Waals surface area (Å²) in [7, 11) is 0. The molecule has 3 nitrogen and oxygen atoms in total. The van der Waals surface area contributed by atoms with Crippen molar-refractivity contribution in [1.29, 1.82) is 0 Å². The topological polar surface area (TPSA) is 43.4 Å². The van der Waals surface area contributed by atoms with E-state index in [4.69, 9.17) is 4.74 Å². The van der Waals surface area contributed by atoms with E-state index < -0.39 is 0 Å². The fourth-order valence-electron chi connectivity index (χ4n) is 2.02. The summed E-state index contributed by atoms with van der Waals surface area (Å²) in [5, 5.41) is 0. The van der Waals surface area contributed by atoms with Gasteiger partial charge in [0.25, 0.3) is 0 Å². The highest BCUT2D eigenvalue weighted by atomic mass is 16.5. The van der Waals surface area contributed by atoms with Gasteiger partial charge in [0, 0.05) is 12.3 Å². The number of ketones is 1. The van der Waals surface area contributed by atoms with Crippen LogP contribution in [0.1, 0.15) is 13.3 Å². The zero-order valence-electron chi connectivity index (χ0n) is 7.47. The quantitative estimate of drug-likeness (QED) is 0.465. The van der Waals surface area contributed by atoms with Crippen LogP contribution in [0.3, 0.4) is 0 Å². The predicted molar refractivity (Wildman–Crippen MR) is 46.1 cm³/mol. The van der Waals surface area contributed by atoms with Gasteiger partial charge >= 0.3 is 0 Å². The second kappa shape index (κ2) is 3.07. The summed E-state index contributed by atoms with van der Waals surface area (Å²) >= 11 is 0. The number of hydrogen-bond donors (Lipinski definition) is 0. The maximum Gasteiger partial charge on any atom is 0.145 e. The van der Waals surface area contributed by atoms with Crippen molar-refractivity contribution in [3.05, 3.63) is 12.2 Å². The number of aldehydes is 1. The number of fused-ring (bicyclic) bond motifs is 2.